The third kappa shape index (κ3) is 3.44. The second-order valence-electron chi connectivity index (χ2n) is 6.66. The highest BCUT2D eigenvalue weighted by molar-refractivity contribution is 6.31. The Morgan fingerprint density at radius 3 is 2.85 bits per heavy atom. The van der Waals surface area contributed by atoms with Crippen LogP contribution in [0.1, 0.15) is 24.6 Å². The number of hydrogen-bond acceptors (Lipinski definition) is 4. The van der Waals surface area contributed by atoms with E-state index in [1.54, 1.807) is 6.07 Å². The van der Waals surface area contributed by atoms with Crippen molar-refractivity contribution < 1.29 is 4.39 Å². The van der Waals surface area contributed by atoms with Gasteiger partial charge >= 0.3 is 0 Å². The van der Waals surface area contributed by atoms with Crippen molar-refractivity contribution in [2.24, 2.45) is 5.10 Å². The fourth-order valence-electron chi connectivity index (χ4n) is 3.49. The molecule has 0 N–H and O–H groups in total. The Morgan fingerprint density at radius 1 is 1.19 bits per heavy atom. The summed E-state index contributed by atoms with van der Waals surface area (Å²) in [6.45, 7) is 5.25. The standard InChI is InChI=1S/C20H20ClFN4/c1-14-18-13-26(11-15-5-6-16(22)10-19(15)21)24-20(18)7-9-25(14)12-17-4-2-3-8-23-17/h2-6,8,10H,7,9,11-13H2,1H3. The summed E-state index contributed by atoms with van der Waals surface area (Å²) in [5.74, 6) is -0.316. The van der Waals surface area contributed by atoms with Gasteiger partial charge in [0.2, 0.25) is 0 Å². The second kappa shape index (κ2) is 7.08. The van der Waals surface area contributed by atoms with Crippen LogP contribution >= 0.6 is 11.6 Å². The fourth-order valence-corrected chi connectivity index (χ4v) is 3.71. The predicted octanol–water partition coefficient (Wildman–Crippen LogP) is 4.23. The summed E-state index contributed by atoms with van der Waals surface area (Å²) in [7, 11) is 0. The molecule has 0 fully saturated rings. The first kappa shape index (κ1) is 17.0. The average Bonchev–Trinajstić information content (AvgIpc) is 3.04. The molecule has 0 radical (unpaired) electrons. The van der Waals surface area contributed by atoms with Crippen molar-refractivity contribution in [2.45, 2.75) is 26.4 Å². The summed E-state index contributed by atoms with van der Waals surface area (Å²) in [4.78, 5) is 6.80. The molecular weight excluding hydrogens is 351 g/mol. The van der Waals surface area contributed by atoms with E-state index in [-0.39, 0.29) is 5.82 Å². The quantitative estimate of drug-likeness (QED) is 0.807. The van der Waals surface area contributed by atoms with E-state index in [1.165, 1.54) is 23.4 Å². The van der Waals surface area contributed by atoms with Crippen LogP contribution in [0.2, 0.25) is 5.02 Å². The van der Waals surface area contributed by atoms with Gasteiger partial charge in [0, 0.05) is 35.5 Å². The molecule has 0 saturated carbocycles. The Labute approximate surface area is 157 Å². The number of fused-ring (bicyclic) bond motifs is 1. The maximum absolute atomic E-state index is 13.2. The molecule has 1 aromatic heterocycles. The van der Waals surface area contributed by atoms with Crippen LogP contribution in [0.25, 0.3) is 0 Å². The number of rotatable bonds is 4. The first-order valence-corrected chi connectivity index (χ1v) is 9.09. The van der Waals surface area contributed by atoms with E-state index in [9.17, 15) is 4.39 Å². The summed E-state index contributed by atoms with van der Waals surface area (Å²) in [6, 6.07) is 10.5. The zero-order valence-electron chi connectivity index (χ0n) is 14.6. The number of benzene rings is 1. The molecule has 0 spiro atoms. The molecule has 0 amide bonds. The third-order valence-corrected chi connectivity index (χ3v) is 5.28. The summed E-state index contributed by atoms with van der Waals surface area (Å²) >= 11 is 6.16. The van der Waals surface area contributed by atoms with Crippen molar-refractivity contribution in [3.8, 4) is 0 Å². The van der Waals surface area contributed by atoms with Gasteiger partial charge in [0.1, 0.15) is 5.82 Å². The SMILES string of the molecule is CC1=C2CN(Cc3ccc(F)cc3Cl)N=C2CCN1Cc1ccccn1. The Balaban J connectivity index is 1.49. The van der Waals surface area contributed by atoms with E-state index < -0.39 is 0 Å². The lowest BCUT2D eigenvalue weighted by Gasteiger charge is -2.30. The molecule has 0 saturated heterocycles. The van der Waals surface area contributed by atoms with Gasteiger partial charge in [-0.3, -0.25) is 9.99 Å². The van der Waals surface area contributed by atoms with E-state index in [0.29, 0.717) is 11.6 Å². The number of hydrogen-bond donors (Lipinski definition) is 0. The third-order valence-electron chi connectivity index (χ3n) is 4.93. The second-order valence-corrected chi connectivity index (χ2v) is 7.07. The van der Waals surface area contributed by atoms with Crippen LogP contribution in [0.4, 0.5) is 4.39 Å². The molecule has 2 aromatic rings. The lowest BCUT2D eigenvalue weighted by molar-refractivity contribution is 0.315. The van der Waals surface area contributed by atoms with Crippen LogP contribution in [-0.4, -0.2) is 33.7 Å². The van der Waals surface area contributed by atoms with Gasteiger partial charge in [0.25, 0.3) is 0 Å². The highest BCUT2D eigenvalue weighted by Crippen LogP contribution is 2.29. The van der Waals surface area contributed by atoms with Crippen molar-refractivity contribution in [3.63, 3.8) is 0 Å². The van der Waals surface area contributed by atoms with Crippen LogP contribution in [0, 0.1) is 5.82 Å². The molecule has 0 bridgehead atoms. The highest BCUT2D eigenvalue weighted by Gasteiger charge is 2.28. The Hall–Kier alpha value is -2.40. The molecule has 0 aliphatic carbocycles. The zero-order valence-corrected chi connectivity index (χ0v) is 15.4. The number of nitrogens with zero attached hydrogens (tertiary/aromatic N) is 4. The van der Waals surface area contributed by atoms with Crippen molar-refractivity contribution in [2.75, 3.05) is 13.1 Å². The van der Waals surface area contributed by atoms with Gasteiger partial charge < -0.3 is 4.90 Å². The minimum Gasteiger partial charge on any atom is -0.368 e. The van der Waals surface area contributed by atoms with Crippen molar-refractivity contribution >= 4 is 17.3 Å². The van der Waals surface area contributed by atoms with E-state index >= 15 is 0 Å². The highest BCUT2D eigenvalue weighted by atomic mass is 35.5. The molecule has 6 heteroatoms. The fraction of sp³-hybridized carbons (Fsp3) is 0.300. The van der Waals surface area contributed by atoms with Crippen molar-refractivity contribution in [1.29, 1.82) is 0 Å². The maximum Gasteiger partial charge on any atom is 0.124 e. The summed E-state index contributed by atoms with van der Waals surface area (Å²) in [5, 5.41) is 7.22. The molecule has 4 nitrogen and oxygen atoms in total. The maximum atomic E-state index is 13.2. The Bertz CT molecular complexity index is 879. The van der Waals surface area contributed by atoms with E-state index in [4.69, 9.17) is 16.7 Å². The molecule has 4 rings (SSSR count). The van der Waals surface area contributed by atoms with Crippen LogP contribution in [-0.2, 0) is 13.1 Å². The number of hydrazone groups is 1. The van der Waals surface area contributed by atoms with Gasteiger partial charge in [-0.15, -0.1) is 0 Å². The summed E-state index contributed by atoms with van der Waals surface area (Å²) in [6.07, 6.45) is 2.76. The number of allylic oxidation sites excluding steroid dienone is 1. The summed E-state index contributed by atoms with van der Waals surface area (Å²) < 4.78 is 13.2. The van der Waals surface area contributed by atoms with Gasteiger partial charge in [-0.25, -0.2) is 4.39 Å². The minimum absolute atomic E-state index is 0.316. The van der Waals surface area contributed by atoms with E-state index in [0.717, 1.165) is 43.0 Å². The van der Waals surface area contributed by atoms with Crippen LogP contribution in [0.3, 0.4) is 0 Å². The van der Waals surface area contributed by atoms with Crippen LogP contribution in [0.15, 0.2) is 59.0 Å². The lowest BCUT2D eigenvalue weighted by Crippen LogP contribution is -2.31. The average molecular weight is 371 g/mol. The van der Waals surface area contributed by atoms with Crippen molar-refractivity contribution in [1.82, 2.24) is 14.9 Å². The number of aromatic nitrogens is 1. The zero-order chi connectivity index (χ0) is 18.1. The van der Waals surface area contributed by atoms with Crippen molar-refractivity contribution in [3.05, 3.63) is 76.0 Å². The van der Waals surface area contributed by atoms with Gasteiger partial charge in [-0.05, 0) is 36.8 Å². The first-order valence-electron chi connectivity index (χ1n) is 8.71. The smallest absolute Gasteiger partial charge is 0.124 e. The molecule has 3 heterocycles. The molecule has 2 aliphatic rings. The van der Waals surface area contributed by atoms with Crippen LogP contribution in [0.5, 0.6) is 0 Å². The number of halogens is 2. The van der Waals surface area contributed by atoms with Gasteiger partial charge in [0.05, 0.1) is 31.0 Å². The van der Waals surface area contributed by atoms with Gasteiger partial charge in [0.15, 0.2) is 0 Å². The predicted molar refractivity (Wildman–Crippen MR) is 101 cm³/mol. The van der Waals surface area contributed by atoms with E-state index in [2.05, 4.69) is 22.9 Å². The number of pyridine rings is 1. The first-order chi connectivity index (χ1) is 12.6. The van der Waals surface area contributed by atoms with Gasteiger partial charge in [-0.1, -0.05) is 23.7 Å². The minimum atomic E-state index is -0.316. The molecule has 2 aliphatic heterocycles. The topological polar surface area (TPSA) is 31.7 Å². The normalized spacial score (nSPS) is 16.8. The largest absolute Gasteiger partial charge is 0.368 e. The molecule has 1 aromatic carbocycles. The molecule has 134 valence electrons. The molecule has 0 unspecified atom stereocenters. The monoisotopic (exact) mass is 370 g/mol. The summed E-state index contributed by atoms with van der Waals surface area (Å²) in [5.41, 5.74) is 5.65. The Morgan fingerprint density at radius 2 is 2.08 bits per heavy atom. The van der Waals surface area contributed by atoms with Gasteiger partial charge in [-0.2, -0.15) is 5.10 Å². The lowest BCUT2D eigenvalue weighted by atomic mass is 10.0. The molecule has 0 atom stereocenters. The Kier molecular flexibility index (Phi) is 4.64. The molecular formula is C20H20ClFN4. The van der Waals surface area contributed by atoms with E-state index in [1.807, 2.05) is 23.3 Å². The van der Waals surface area contributed by atoms with Crippen LogP contribution < -0.4 is 0 Å². The molecule has 26 heavy (non-hydrogen) atoms.